The van der Waals surface area contributed by atoms with Crippen LogP contribution in [-0.2, 0) is 19.1 Å². The highest BCUT2D eigenvalue weighted by molar-refractivity contribution is 5.80. The van der Waals surface area contributed by atoms with Crippen LogP contribution in [0.2, 0.25) is 0 Å². The summed E-state index contributed by atoms with van der Waals surface area (Å²) in [6.07, 6.45) is 1.89. The second kappa shape index (κ2) is 3.13. The molecule has 0 aromatic carbocycles. The highest BCUT2D eigenvalue weighted by Gasteiger charge is 2.36. The summed E-state index contributed by atoms with van der Waals surface area (Å²) in [5.41, 5.74) is -1.15. The van der Waals surface area contributed by atoms with E-state index in [1.54, 1.807) is 0 Å². The van der Waals surface area contributed by atoms with Crippen molar-refractivity contribution < 1.29 is 19.1 Å². The minimum absolute atomic E-state index is 0.0482. The van der Waals surface area contributed by atoms with Crippen molar-refractivity contribution in [1.29, 1.82) is 0 Å². The quantitative estimate of drug-likeness (QED) is 0.461. The number of esters is 1. The van der Waals surface area contributed by atoms with Crippen LogP contribution in [0.25, 0.3) is 0 Å². The van der Waals surface area contributed by atoms with Crippen LogP contribution < -0.4 is 0 Å². The number of ether oxygens (including phenoxy) is 2. The van der Waals surface area contributed by atoms with Gasteiger partial charge in [-0.2, -0.15) is 0 Å². The highest BCUT2D eigenvalue weighted by atomic mass is 16.6. The Bertz CT molecular complexity index is 193. The van der Waals surface area contributed by atoms with E-state index in [9.17, 15) is 9.59 Å². The summed E-state index contributed by atoms with van der Waals surface area (Å²) in [5, 5.41) is 0. The van der Waals surface area contributed by atoms with Gasteiger partial charge in [-0.15, -0.1) is 0 Å². The Labute approximate surface area is 70.8 Å². The minimum Gasteiger partial charge on any atom is -0.459 e. The van der Waals surface area contributed by atoms with Gasteiger partial charge in [0.05, 0.1) is 0 Å². The molecule has 1 aliphatic carbocycles. The van der Waals surface area contributed by atoms with E-state index in [1.165, 1.54) is 13.8 Å². The summed E-state index contributed by atoms with van der Waals surface area (Å²) in [4.78, 5) is 21.2. The van der Waals surface area contributed by atoms with E-state index < -0.39 is 11.6 Å². The fraction of sp³-hybridized carbons (Fsp3) is 0.750. The first-order valence-corrected chi connectivity index (χ1v) is 3.89. The lowest BCUT2D eigenvalue weighted by Crippen LogP contribution is -2.36. The monoisotopic (exact) mass is 172 g/mol. The first-order valence-electron chi connectivity index (χ1n) is 3.89. The zero-order valence-corrected chi connectivity index (χ0v) is 7.20. The van der Waals surface area contributed by atoms with Crippen LogP contribution in [-0.4, -0.2) is 24.1 Å². The van der Waals surface area contributed by atoms with Crippen LogP contribution in [0.3, 0.4) is 0 Å². The zero-order chi connectivity index (χ0) is 9.19. The molecular weight excluding hydrogens is 160 g/mol. The Hall–Kier alpha value is -1.06. The van der Waals surface area contributed by atoms with Gasteiger partial charge >= 0.3 is 5.97 Å². The van der Waals surface area contributed by atoms with Crippen molar-refractivity contribution in [2.24, 2.45) is 0 Å². The van der Waals surface area contributed by atoms with Crippen molar-refractivity contribution in [3.63, 3.8) is 0 Å². The predicted molar refractivity (Wildman–Crippen MR) is 40.3 cm³/mol. The van der Waals surface area contributed by atoms with Crippen molar-refractivity contribution in [1.82, 2.24) is 0 Å². The smallest absolute Gasteiger partial charge is 0.350 e. The van der Waals surface area contributed by atoms with Gasteiger partial charge in [-0.25, -0.2) is 4.79 Å². The predicted octanol–water partition coefficient (Wildman–Crippen LogP) is 0.644. The Morgan fingerprint density at radius 1 is 1.50 bits per heavy atom. The lowest BCUT2D eigenvalue weighted by atomic mass is 10.1. The van der Waals surface area contributed by atoms with Gasteiger partial charge < -0.3 is 9.47 Å². The van der Waals surface area contributed by atoms with Crippen LogP contribution in [0.15, 0.2) is 0 Å². The molecular formula is C8H12O4. The molecule has 0 amide bonds. The van der Waals surface area contributed by atoms with E-state index in [0.717, 1.165) is 12.8 Å². The maximum atomic E-state index is 11.2. The first-order chi connectivity index (χ1) is 5.56. The molecule has 0 saturated heterocycles. The molecule has 0 aromatic heterocycles. The molecule has 4 nitrogen and oxygen atoms in total. The summed E-state index contributed by atoms with van der Waals surface area (Å²) in [6, 6.07) is 0. The molecule has 1 saturated carbocycles. The Morgan fingerprint density at radius 2 is 2.08 bits per heavy atom. The Balaban J connectivity index is 2.41. The van der Waals surface area contributed by atoms with Crippen LogP contribution in [0, 0.1) is 0 Å². The number of rotatable bonds is 4. The second-order valence-corrected chi connectivity index (χ2v) is 3.33. The number of carbonyl (C=O) groups excluding carboxylic acids is 2. The molecule has 0 N–H and O–H groups in total. The van der Waals surface area contributed by atoms with Gasteiger partial charge in [0, 0.05) is 0 Å². The highest BCUT2D eigenvalue weighted by Crippen LogP contribution is 2.25. The third kappa shape index (κ3) is 2.22. The SMILES string of the molecule is CC(C)(OC=O)C(=O)OC1CC1. The summed E-state index contributed by atoms with van der Waals surface area (Å²) in [7, 11) is 0. The van der Waals surface area contributed by atoms with E-state index in [-0.39, 0.29) is 12.6 Å². The third-order valence-corrected chi connectivity index (χ3v) is 1.63. The molecule has 0 radical (unpaired) electrons. The average molecular weight is 172 g/mol. The van der Waals surface area contributed by atoms with Gasteiger partial charge in [0.1, 0.15) is 6.10 Å². The molecule has 0 atom stereocenters. The van der Waals surface area contributed by atoms with Crippen molar-refractivity contribution in [3.8, 4) is 0 Å². The van der Waals surface area contributed by atoms with Crippen molar-refractivity contribution in [2.45, 2.75) is 38.4 Å². The lowest BCUT2D eigenvalue weighted by molar-refractivity contribution is -0.172. The summed E-state index contributed by atoms with van der Waals surface area (Å²) < 4.78 is 9.52. The van der Waals surface area contributed by atoms with Crippen LogP contribution in [0.5, 0.6) is 0 Å². The normalized spacial score (nSPS) is 16.8. The second-order valence-electron chi connectivity index (χ2n) is 3.33. The van der Waals surface area contributed by atoms with Crippen LogP contribution in [0.1, 0.15) is 26.7 Å². The minimum atomic E-state index is -1.15. The largest absolute Gasteiger partial charge is 0.459 e. The molecule has 0 aliphatic heterocycles. The van der Waals surface area contributed by atoms with E-state index in [0.29, 0.717) is 0 Å². The zero-order valence-electron chi connectivity index (χ0n) is 7.20. The Kier molecular flexibility index (Phi) is 2.35. The third-order valence-electron chi connectivity index (χ3n) is 1.63. The van der Waals surface area contributed by atoms with E-state index in [1.807, 2.05) is 0 Å². The van der Waals surface area contributed by atoms with Crippen LogP contribution >= 0.6 is 0 Å². The fourth-order valence-electron chi connectivity index (χ4n) is 0.648. The first kappa shape index (κ1) is 9.03. The van der Waals surface area contributed by atoms with E-state index in [2.05, 4.69) is 4.74 Å². The lowest BCUT2D eigenvalue weighted by Gasteiger charge is -2.19. The fourth-order valence-corrected chi connectivity index (χ4v) is 0.648. The molecule has 0 bridgehead atoms. The molecule has 0 unspecified atom stereocenters. The molecule has 4 heteroatoms. The molecule has 12 heavy (non-hydrogen) atoms. The number of carbonyl (C=O) groups is 2. The molecule has 0 aromatic rings. The Morgan fingerprint density at radius 3 is 2.50 bits per heavy atom. The maximum Gasteiger partial charge on any atom is 0.350 e. The summed E-state index contributed by atoms with van der Waals surface area (Å²) in [5.74, 6) is -0.475. The van der Waals surface area contributed by atoms with E-state index in [4.69, 9.17) is 4.74 Å². The van der Waals surface area contributed by atoms with Gasteiger partial charge in [-0.05, 0) is 26.7 Å². The van der Waals surface area contributed by atoms with Gasteiger partial charge in [-0.1, -0.05) is 0 Å². The van der Waals surface area contributed by atoms with Crippen molar-refractivity contribution >= 4 is 12.4 Å². The van der Waals surface area contributed by atoms with Gasteiger partial charge in [0.2, 0.25) is 5.60 Å². The molecule has 68 valence electrons. The average Bonchev–Trinajstić information content (AvgIpc) is 2.71. The van der Waals surface area contributed by atoms with Gasteiger partial charge in [0.15, 0.2) is 0 Å². The van der Waals surface area contributed by atoms with E-state index >= 15 is 0 Å². The maximum absolute atomic E-state index is 11.2. The molecule has 1 rings (SSSR count). The van der Waals surface area contributed by atoms with Crippen molar-refractivity contribution in [3.05, 3.63) is 0 Å². The molecule has 1 fully saturated rings. The molecule has 0 heterocycles. The van der Waals surface area contributed by atoms with Gasteiger partial charge in [0.25, 0.3) is 6.47 Å². The topological polar surface area (TPSA) is 52.6 Å². The number of hydrogen-bond donors (Lipinski definition) is 0. The summed E-state index contributed by atoms with van der Waals surface area (Å²) >= 11 is 0. The summed E-state index contributed by atoms with van der Waals surface area (Å²) in [6.45, 7) is 3.27. The van der Waals surface area contributed by atoms with Crippen LogP contribution in [0.4, 0.5) is 0 Å². The molecule has 0 spiro atoms. The van der Waals surface area contributed by atoms with Crippen molar-refractivity contribution in [2.75, 3.05) is 0 Å². The number of hydrogen-bond acceptors (Lipinski definition) is 4. The van der Waals surface area contributed by atoms with Gasteiger partial charge in [-0.3, -0.25) is 4.79 Å². The standard InChI is InChI=1S/C8H12O4/c1-8(2,11-5-9)7(10)12-6-3-4-6/h5-6H,3-4H2,1-2H3. The molecule has 1 aliphatic rings.